The lowest BCUT2D eigenvalue weighted by Crippen LogP contribution is -2.28. The van der Waals surface area contributed by atoms with Crippen molar-refractivity contribution in [3.05, 3.63) is 101 Å². The molecule has 0 bridgehead atoms. The van der Waals surface area contributed by atoms with Gasteiger partial charge in [0.2, 0.25) is 0 Å². The zero-order valence-corrected chi connectivity index (χ0v) is 17.8. The zero-order valence-electron chi connectivity index (χ0n) is 17.8. The molecule has 0 aliphatic carbocycles. The van der Waals surface area contributed by atoms with Gasteiger partial charge in [-0.05, 0) is 49.0 Å². The number of carboxylic acids is 1. The summed E-state index contributed by atoms with van der Waals surface area (Å²) in [6.07, 6.45) is -0.215. The van der Waals surface area contributed by atoms with Crippen LogP contribution in [-0.2, 0) is 4.79 Å². The second-order valence-electron chi connectivity index (χ2n) is 7.53. The molecule has 0 radical (unpaired) electrons. The maximum Gasteiger partial charge on any atom is 0.317 e. The number of likely N-dealkylation sites (N-methyl/N-ethyl adjacent to an activating group) is 1. The van der Waals surface area contributed by atoms with Crippen molar-refractivity contribution < 1.29 is 32.6 Å². The maximum absolute atomic E-state index is 14.0. The quantitative estimate of drug-likeness (QED) is 0.441. The lowest BCUT2D eigenvalue weighted by molar-refractivity contribution is -0.138. The molecule has 0 fully saturated rings. The van der Waals surface area contributed by atoms with Crippen molar-refractivity contribution in [2.24, 2.45) is 0 Å². The largest absolute Gasteiger partial charge is 0.486 e. The number of carbonyl (C=O) groups excluding carboxylic acids is 1. The Kier molecular flexibility index (Phi) is 7.84. The number of carboxylic acid groups (broad SMARTS) is 1. The van der Waals surface area contributed by atoms with Gasteiger partial charge in [-0.3, -0.25) is 14.5 Å². The van der Waals surface area contributed by atoms with Crippen LogP contribution >= 0.6 is 0 Å². The van der Waals surface area contributed by atoms with Crippen LogP contribution in [0, 0.1) is 17.5 Å². The van der Waals surface area contributed by atoms with Crippen LogP contribution in [0.3, 0.4) is 0 Å². The highest BCUT2D eigenvalue weighted by atomic mass is 19.1. The minimum atomic E-state index is -0.969. The van der Waals surface area contributed by atoms with Crippen molar-refractivity contribution in [1.29, 1.82) is 0 Å². The molecule has 5 nitrogen and oxygen atoms in total. The van der Waals surface area contributed by atoms with Crippen molar-refractivity contribution >= 4 is 11.8 Å². The molecule has 0 saturated carbocycles. The first-order valence-electron chi connectivity index (χ1n) is 10.2. The van der Waals surface area contributed by atoms with Crippen molar-refractivity contribution in [3.63, 3.8) is 0 Å². The molecule has 1 unspecified atom stereocenters. The van der Waals surface area contributed by atoms with Crippen LogP contribution in [-0.4, -0.2) is 41.9 Å². The minimum absolute atomic E-state index is 0.0392. The van der Waals surface area contributed by atoms with E-state index in [2.05, 4.69) is 0 Å². The van der Waals surface area contributed by atoms with E-state index in [0.717, 1.165) is 12.1 Å². The zero-order chi connectivity index (χ0) is 24.0. The number of benzene rings is 3. The molecule has 1 atom stereocenters. The molecule has 0 heterocycles. The molecule has 172 valence electrons. The van der Waals surface area contributed by atoms with Gasteiger partial charge < -0.3 is 9.84 Å². The van der Waals surface area contributed by atoms with Crippen LogP contribution in [0.1, 0.15) is 34.0 Å². The topological polar surface area (TPSA) is 66.8 Å². The van der Waals surface area contributed by atoms with Gasteiger partial charge in [-0.25, -0.2) is 13.2 Å². The first kappa shape index (κ1) is 24.0. The SMILES string of the molecule is CN(CCC(Oc1cccc(C(=O)c2c(F)cccc2F)c1)c1ccc(F)cc1)CC(=O)O. The van der Waals surface area contributed by atoms with Gasteiger partial charge in [0.1, 0.15) is 29.3 Å². The molecule has 0 aliphatic heterocycles. The molecule has 33 heavy (non-hydrogen) atoms. The average Bonchev–Trinajstić information content (AvgIpc) is 2.77. The van der Waals surface area contributed by atoms with Crippen LogP contribution < -0.4 is 4.74 Å². The highest BCUT2D eigenvalue weighted by Crippen LogP contribution is 2.27. The molecule has 8 heteroatoms. The number of ether oxygens (including phenoxy) is 1. The fourth-order valence-electron chi connectivity index (χ4n) is 3.35. The van der Waals surface area contributed by atoms with Gasteiger partial charge in [0.15, 0.2) is 5.78 Å². The lowest BCUT2D eigenvalue weighted by Gasteiger charge is -2.23. The maximum atomic E-state index is 14.0. The predicted octanol–water partition coefficient (Wildman–Crippen LogP) is 4.86. The van der Waals surface area contributed by atoms with Crippen LogP contribution in [0.4, 0.5) is 13.2 Å². The second-order valence-corrected chi connectivity index (χ2v) is 7.53. The molecule has 3 rings (SSSR count). The second kappa shape index (κ2) is 10.8. The molecule has 3 aromatic rings. The Morgan fingerprint density at radius 3 is 2.24 bits per heavy atom. The Balaban J connectivity index is 1.84. The molecular weight excluding hydrogens is 435 g/mol. The Morgan fingerprint density at radius 1 is 0.970 bits per heavy atom. The summed E-state index contributed by atoms with van der Waals surface area (Å²) in [6.45, 7) is 0.210. The third-order valence-corrected chi connectivity index (χ3v) is 4.98. The first-order valence-corrected chi connectivity index (χ1v) is 10.2. The molecule has 3 aromatic carbocycles. The molecular formula is C25H22F3NO4. The Hall–Kier alpha value is -3.65. The molecule has 0 amide bonds. The number of nitrogens with zero attached hydrogens (tertiary/aromatic N) is 1. The van der Waals surface area contributed by atoms with Crippen LogP contribution in [0.25, 0.3) is 0 Å². The first-order chi connectivity index (χ1) is 15.7. The molecule has 0 spiro atoms. The summed E-state index contributed by atoms with van der Waals surface area (Å²) in [5.74, 6) is -3.86. The van der Waals surface area contributed by atoms with Crippen molar-refractivity contribution in [1.82, 2.24) is 4.90 Å². The number of rotatable bonds is 10. The monoisotopic (exact) mass is 457 g/mol. The molecule has 0 aliphatic rings. The summed E-state index contributed by atoms with van der Waals surface area (Å²) in [5.41, 5.74) is 0.0365. The van der Waals surface area contributed by atoms with Gasteiger partial charge >= 0.3 is 5.97 Å². The number of halogens is 3. The smallest absolute Gasteiger partial charge is 0.317 e. The van der Waals surface area contributed by atoms with E-state index in [1.165, 1.54) is 36.4 Å². The van der Waals surface area contributed by atoms with E-state index in [1.54, 1.807) is 30.1 Å². The van der Waals surface area contributed by atoms with E-state index in [1.807, 2.05) is 0 Å². The fraction of sp³-hybridized carbons (Fsp3) is 0.200. The summed E-state index contributed by atoms with van der Waals surface area (Å²) < 4.78 is 47.5. The summed E-state index contributed by atoms with van der Waals surface area (Å²) in [4.78, 5) is 25.2. The van der Waals surface area contributed by atoms with E-state index < -0.39 is 40.9 Å². The van der Waals surface area contributed by atoms with Gasteiger partial charge in [-0.1, -0.05) is 30.3 Å². The Bertz CT molecular complexity index is 1110. The number of ketones is 1. The summed E-state index contributed by atoms with van der Waals surface area (Å²) in [5, 5.41) is 8.95. The highest BCUT2D eigenvalue weighted by Gasteiger charge is 2.20. The summed E-state index contributed by atoms with van der Waals surface area (Å²) in [7, 11) is 1.65. The van der Waals surface area contributed by atoms with Gasteiger partial charge in [0.25, 0.3) is 0 Å². The fourth-order valence-corrected chi connectivity index (χ4v) is 3.35. The Labute approximate surface area is 189 Å². The van der Waals surface area contributed by atoms with Crippen LogP contribution in [0.2, 0.25) is 0 Å². The van der Waals surface area contributed by atoms with E-state index in [4.69, 9.17) is 9.84 Å². The molecule has 0 saturated heterocycles. The van der Waals surface area contributed by atoms with Crippen LogP contribution in [0.15, 0.2) is 66.7 Å². The standard InChI is InChI=1S/C25H22F3NO4/c1-29(15-23(30)31)13-12-22(16-8-10-18(26)11-9-16)33-19-5-2-4-17(14-19)25(32)24-20(27)6-3-7-21(24)28/h2-11,14,22H,12-13,15H2,1H3,(H,30,31). The minimum Gasteiger partial charge on any atom is -0.486 e. The highest BCUT2D eigenvalue weighted by molar-refractivity contribution is 6.09. The number of aliphatic carboxylic acids is 1. The molecule has 1 N–H and O–H groups in total. The third kappa shape index (κ3) is 6.43. The summed E-state index contributed by atoms with van der Waals surface area (Å²) >= 11 is 0. The lowest BCUT2D eigenvalue weighted by atomic mass is 10.0. The van der Waals surface area contributed by atoms with Gasteiger partial charge in [-0.2, -0.15) is 0 Å². The van der Waals surface area contributed by atoms with E-state index >= 15 is 0 Å². The van der Waals surface area contributed by atoms with E-state index in [0.29, 0.717) is 18.5 Å². The normalized spacial score (nSPS) is 11.9. The van der Waals surface area contributed by atoms with E-state index in [9.17, 15) is 22.8 Å². The van der Waals surface area contributed by atoms with Crippen molar-refractivity contribution in [2.75, 3.05) is 20.1 Å². The van der Waals surface area contributed by atoms with E-state index in [-0.39, 0.29) is 17.9 Å². The van der Waals surface area contributed by atoms with Crippen molar-refractivity contribution in [3.8, 4) is 5.75 Å². The third-order valence-electron chi connectivity index (χ3n) is 4.98. The van der Waals surface area contributed by atoms with Gasteiger partial charge in [0, 0.05) is 18.5 Å². The molecule has 0 aromatic heterocycles. The number of hydrogen-bond donors (Lipinski definition) is 1. The van der Waals surface area contributed by atoms with Crippen LogP contribution in [0.5, 0.6) is 5.75 Å². The predicted molar refractivity (Wildman–Crippen MR) is 116 cm³/mol. The average molecular weight is 457 g/mol. The van der Waals surface area contributed by atoms with Gasteiger partial charge in [-0.15, -0.1) is 0 Å². The number of hydrogen-bond acceptors (Lipinski definition) is 4. The summed E-state index contributed by atoms with van der Waals surface area (Å²) in [6, 6.07) is 14.8. The number of carbonyl (C=O) groups is 2. The van der Waals surface area contributed by atoms with Gasteiger partial charge in [0.05, 0.1) is 12.1 Å². The van der Waals surface area contributed by atoms with Crippen molar-refractivity contribution in [2.45, 2.75) is 12.5 Å². The Morgan fingerprint density at radius 2 is 1.61 bits per heavy atom.